The molecule has 0 bridgehead atoms. The molecule has 2 N–H and O–H groups in total. The van der Waals surface area contributed by atoms with Crippen LogP contribution in [0.2, 0.25) is 0 Å². The topological polar surface area (TPSA) is 95.2 Å². The molecule has 1 saturated heterocycles. The van der Waals surface area contributed by atoms with E-state index in [0.717, 1.165) is 10.5 Å². The van der Waals surface area contributed by atoms with Crippen LogP contribution in [0.25, 0.3) is 17.3 Å². The van der Waals surface area contributed by atoms with Gasteiger partial charge in [0, 0.05) is 12.5 Å². The summed E-state index contributed by atoms with van der Waals surface area (Å²) in [4.78, 5) is 43.5. The maximum Gasteiger partial charge on any atom is 0.277 e. The zero-order valence-electron chi connectivity index (χ0n) is 12.4. The Bertz CT molecular complexity index is 808. The van der Waals surface area contributed by atoms with Gasteiger partial charge in [0.05, 0.1) is 17.7 Å². The Kier molecular flexibility index (Phi) is 3.76. The molecule has 1 aliphatic heterocycles. The average Bonchev–Trinajstić information content (AvgIpc) is 2.99. The lowest BCUT2D eigenvalue weighted by atomic mass is 10.1. The second-order valence-electron chi connectivity index (χ2n) is 5.05. The molecule has 0 atom stereocenters. The van der Waals surface area contributed by atoms with E-state index in [-0.39, 0.29) is 12.2 Å². The minimum absolute atomic E-state index is 0.0397. The van der Waals surface area contributed by atoms with Crippen LogP contribution in [0.15, 0.2) is 42.4 Å². The molecular formula is C16H14N4O3. The molecule has 116 valence electrons. The molecule has 1 aromatic heterocycles. The van der Waals surface area contributed by atoms with E-state index in [4.69, 9.17) is 0 Å². The molecular weight excluding hydrogens is 296 g/mol. The third kappa shape index (κ3) is 2.89. The minimum atomic E-state index is -0.536. The number of amides is 3. The number of aromatic amines is 1. The summed E-state index contributed by atoms with van der Waals surface area (Å²) in [5.74, 6) is -1.42. The molecule has 2 heterocycles. The molecule has 0 unspecified atom stereocenters. The highest BCUT2D eigenvalue weighted by molar-refractivity contribution is 6.12. The SMILES string of the molecule is CC(=O)N1CC(=O)NC(=Cc2[nH]cnc2-c2ccccc2)C1=O. The number of H-pyrrole nitrogens is 1. The quantitative estimate of drug-likeness (QED) is 0.806. The molecule has 7 heteroatoms. The normalized spacial score (nSPS) is 16.6. The van der Waals surface area contributed by atoms with Crippen LogP contribution in [0.1, 0.15) is 12.6 Å². The Morgan fingerprint density at radius 3 is 2.70 bits per heavy atom. The number of nitrogens with zero attached hydrogens (tertiary/aromatic N) is 2. The molecule has 0 spiro atoms. The number of carbonyl (C=O) groups is 3. The van der Waals surface area contributed by atoms with Gasteiger partial charge in [0.2, 0.25) is 11.8 Å². The van der Waals surface area contributed by atoms with E-state index in [1.54, 1.807) is 0 Å². The van der Waals surface area contributed by atoms with Crippen molar-refractivity contribution in [1.29, 1.82) is 0 Å². The molecule has 0 aliphatic carbocycles. The molecule has 7 nitrogen and oxygen atoms in total. The van der Waals surface area contributed by atoms with Crippen molar-refractivity contribution < 1.29 is 14.4 Å². The highest BCUT2D eigenvalue weighted by Gasteiger charge is 2.30. The first-order valence-corrected chi connectivity index (χ1v) is 6.99. The van der Waals surface area contributed by atoms with E-state index < -0.39 is 17.7 Å². The number of nitrogens with one attached hydrogen (secondary N) is 2. The Hall–Kier alpha value is -3.22. The number of rotatable bonds is 2. The van der Waals surface area contributed by atoms with Gasteiger partial charge in [0.1, 0.15) is 12.2 Å². The number of carbonyl (C=O) groups excluding carboxylic acids is 3. The lowest BCUT2D eigenvalue weighted by molar-refractivity contribution is -0.147. The molecule has 1 aromatic carbocycles. The van der Waals surface area contributed by atoms with Crippen LogP contribution in [0, 0.1) is 0 Å². The summed E-state index contributed by atoms with van der Waals surface area (Å²) in [5, 5.41) is 2.50. The van der Waals surface area contributed by atoms with E-state index in [0.29, 0.717) is 11.4 Å². The van der Waals surface area contributed by atoms with Gasteiger partial charge in [-0.2, -0.15) is 0 Å². The lowest BCUT2D eigenvalue weighted by Crippen LogP contribution is -2.51. The van der Waals surface area contributed by atoms with Crippen molar-refractivity contribution in [3.05, 3.63) is 48.1 Å². The van der Waals surface area contributed by atoms with Crippen LogP contribution >= 0.6 is 0 Å². The summed E-state index contributed by atoms with van der Waals surface area (Å²) in [6.45, 7) is 0.986. The zero-order chi connectivity index (χ0) is 16.4. The zero-order valence-corrected chi connectivity index (χ0v) is 12.4. The van der Waals surface area contributed by atoms with Gasteiger partial charge in [0.15, 0.2) is 0 Å². The second kappa shape index (κ2) is 5.88. The first-order chi connectivity index (χ1) is 11.1. The molecule has 1 aliphatic rings. The predicted octanol–water partition coefficient (Wildman–Crippen LogP) is 0.922. The monoisotopic (exact) mass is 310 g/mol. The summed E-state index contributed by atoms with van der Waals surface area (Å²) in [6.07, 6.45) is 3.00. The Balaban J connectivity index is 1.99. The average molecular weight is 310 g/mol. The van der Waals surface area contributed by atoms with E-state index in [9.17, 15) is 14.4 Å². The van der Waals surface area contributed by atoms with Gasteiger partial charge in [0.25, 0.3) is 5.91 Å². The predicted molar refractivity (Wildman–Crippen MR) is 82.5 cm³/mol. The molecule has 2 aromatic rings. The van der Waals surface area contributed by atoms with Crippen molar-refractivity contribution in [2.75, 3.05) is 6.54 Å². The highest BCUT2D eigenvalue weighted by Crippen LogP contribution is 2.22. The molecule has 23 heavy (non-hydrogen) atoms. The van der Waals surface area contributed by atoms with Crippen molar-refractivity contribution >= 4 is 23.8 Å². The van der Waals surface area contributed by atoms with Gasteiger partial charge < -0.3 is 10.3 Å². The van der Waals surface area contributed by atoms with Crippen molar-refractivity contribution in [1.82, 2.24) is 20.2 Å². The highest BCUT2D eigenvalue weighted by atomic mass is 16.2. The van der Waals surface area contributed by atoms with Crippen LogP contribution in [0.4, 0.5) is 0 Å². The largest absolute Gasteiger partial charge is 0.345 e. The number of piperazine rings is 1. The van der Waals surface area contributed by atoms with Crippen LogP contribution in [0.3, 0.4) is 0 Å². The number of benzene rings is 1. The number of hydrogen-bond acceptors (Lipinski definition) is 4. The van der Waals surface area contributed by atoms with E-state index >= 15 is 0 Å². The van der Waals surface area contributed by atoms with Crippen LogP contribution in [-0.4, -0.2) is 39.1 Å². The Morgan fingerprint density at radius 2 is 2.00 bits per heavy atom. The Labute approximate surface area is 132 Å². The summed E-state index contributed by atoms with van der Waals surface area (Å²) in [7, 11) is 0. The summed E-state index contributed by atoms with van der Waals surface area (Å²) >= 11 is 0. The first kappa shape index (κ1) is 14.7. The third-order valence-corrected chi connectivity index (χ3v) is 3.44. The van der Waals surface area contributed by atoms with Gasteiger partial charge in [-0.05, 0) is 6.08 Å². The summed E-state index contributed by atoms with van der Waals surface area (Å²) < 4.78 is 0. The van der Waals surface area contributed by atoms with Gasteiger partial charge in [-0.1, -0.05) is 30.3 Å². The maximum absolute atomic E-state index is 12.3. The summed E-state index contributed by atoms with van der Waals surface area (Å²) in [5.41, 5.74) is 2.14. The number of imidazole rings is 1. The summed E-state index contributed by atoms with van der Waals surface area (Å²) in [6, 6.07) is 9.44. The van der Waals surface area contributed by atoms with Crippen molar-refractivity contribution in [3.63, 3.8) is 0 Å². The van der Waals surface area contributed by atoms with E-state index in [1.165, 1.54) is 19.3 Å². The number of aromatic nitrogens is 2. The van der Waals surface area contributed by atoms with Crippen molar-refractivity contribution in [2.24, 2.45) is 0 Å². The fourth-order valence-corrected chi connectivity index (χ4v) is 2.34. The van der Waals surface area contributed by atoms with Crippen molar-refractivity contribution in [2.45, 2.75) is 6.92 Å². The smallest absolute Gasteiger partial charge is 0.277 e. The fourth-order valence-electron chi connectivity index (χ4n) is 2.34. The minimum Gasteiger partial charge on any atom is -0.345 e. The van der Waals surface area contributed by atoms with Gasteiger partial charge in [-0.15, -0.1) is 0 Å². The molecule has 1 fully saturated rings. The van der Waals surface area contributed by atoms with Gasteiger partial charge >= 0.3 is 0 Å². The van der Waals surface area contributed by atoms with Crippen LogP contribution < -0.4 is 5.32 Å². The first-order valence-electron chi connectivity index (χ1n) is 6.99. The van der Waals surface area contributed by atoms with Gasteiger partial charge in [-0.25, -0.2) is 4.98 Å². The Morgan fingerprint density at radius 1 is 1.26 bits per heavy atom. The second-order valence-corrected chi connectivity index (χ2v) is 5.05. The van der Waals surface area contributed by atoms with Crippen LogP contribution in [0.5, 0.6) is 0 Å². The van der Waals surface area contributed by atoms with E-state index in [1.807, 2.05) is 30.3 Å². The standard InChI is InChI=1S/C16H14N4O3/c1-10(21)20-8-14(22)19-13(16(20)23)7-12-15(18-9-17-12)11-5-3-2-4-6-11/h2-7,9H,8H2,1H3,(H,17,18)(H,19,22). The fraction of sp³-hybridized carbons (Fsp3) is 0.125. The molecule has 0 radical (unpaired) electrons. The van der Waals surface area contributed by atoms with Gasteiger partial charge in [-0.3, -0.25) is 19.3 Å². The number of imide groups is 1. The van der Waals surface area contributed by atoms with E-state index in [2.05, 4.69) is 15.3 Å². The van der Waals surface area contributed by atoms with Crippen molar-refractivity contribution in [3.8, 4) is 11.3 Å². The molecule has 3 amide bonds. The lowest BCUT2D eigenvalue weighted by Gasteiger charge is -2.25. The number of hydrogen-bond donors (Lipinski definition) is 2. The van der Waals surface area contributed by atoms with Crippen LogP contribution in [-0.2, 0) is 14.4 Å². The third-order valence-electron chi connectivity index (χ3n) is 3.44. The molecule has 3 rings (SSSR count). The maximum atomic E-state index is 12.3. The molecule has 0 saturated carbocycles.